The van der Waals surface area contributed by atoms with Crippen molar-refractivity contribution in [1.82, 2.24) is 9.64 Å². The van der Waals surface area contributed by atoms with E-state index in [0.717, 1.165) is 5.56 Å². The number of methoxy groups -OCH3 is 1. The number of fused-ring (bicyclic) bond motifs is 2. The number of hydrogen-bond donors (Lipinski definition) is 0. The van der Waals surface area contributed by atoms with Gasteiger partial charge in [0, 0.05) is 79.3 Å². The van der Waals surface area contributed by atoms with Crippen molar-refractivity contribution in [3.63, 3.8) is 0 Å². The number of anilines is 1. The van der Waals surface area contributed by atoms with Crippen LogP contribution in [0.5, 0.6) is 0 Å². The summed E-state index contributed by atoms with van der Waals surface area (Å²) in [5.41, 5.74) is 1.99. The van der Waals surface area contributed by atoms with Crippen molar-refractivity contribution in [3.05, 3.63) is 83.1 Å². The molecule has 2 amide bonds. The third-order valence-electron chi connectivity index (χ3n) is 10.5. The first-order chi connectivity index (χ1) is 28.7. The van der Waals surface area contributed by atoms with Crippen LogP contribution in [0.4, 0.5) is 5.69 Å². The zero-order valence-electron chi connectivity index (χ0n) is 35.6. The first kappa shape index (κ1) is 54.6. The Labute approximate surface area is 411 Å². The Balaban J connectivity index is 0.00000528. The maximum Gasteiger partial charge on any atom is 1.00 e. The number of carbonyl (C=O) groups excluding carboxylic acids is 3. The van der Waals surface area contributed by atoms with Gasteiger partial charge in [0.1, 0.15) is 29.0 Å². The number of carbonyl (C=O) groups is 3. The smallest absolute Gasteiger partial charge is 0.748 e. The van der Waals surface area contributed by atoms with E-state index in [1.54, 1.807) is 31.2 Å². The molecule has 1 aromatic rings. The zero-order chi connectivity index (χ0) is 44.6. The number of benzene rings is 2. The van der Waals surface area contributed by atoms with Gasteiger partial charge >= 0.3 is 65.1 Å². The average molecular weight is 952 g/mol. The Morgan fingerprint density at radius 3 is 2.21 bits per heavy atom. The Morgan fingerprint density at radius 1 is 0.873 bits per heavy atom. The second-order valence-corrected chi connectivity index (χ2v) is 19.3. The number of nitrogens with zero attached hydrogens (tertiary/aromatic N) is 3. The summed E-state index contributed by atoms with van der Waals surface area (Å²) in [6.07, 6.45) is 8.20. The van der Waals surface area contributed by atoms with E-state index in [1.807, 2.05) is 27.7 Å². The van der Waals surface area contributed by atoms with Crippen LogP contribution in [0.2, 0.25) is 0 Å². The predicted octanol–water partition coefficient (Wildman–Crippen LogP) is -3.18. The second kappa shape index (κ2) is 23.6. The largest absolute Gasteiger partial charge is 1.00 e. The van der Waals surface area contributed by atoms with Gasteiger partial charge in [0.2, 0.25) is 5.36 Å². The number of allylic oxidation sites excluding steroid dienone is 3. The quantitative estimate of drug-likeness (QED) is 0.0335. The molecule has 5 rings (SSSR count). The molecule has 3 heterocycles. The molecule has 3 aliphatic heterocycles. The van der Waals surface area contributed by atoms with Gasteiger partial charge in [0.15, 0.2) is 6.54 Å². The normalized spacial score (nSPS) is 17.9. The van der Waals surface area contributed by atoms with E-state index in [0.29, 0.717) is 77.7 Å². The van der Waals surface area contributed by atoms with Gasteiger partial charge < -0.3 is 32.5 Å². The molecule has 0 saturated carbocycles. The molecule has 0 spiro atoms. The second-order valence-electron chi connectivity index (χ2n) is 14.9. The van der Waals surface area contributed by atoms with Crippen LogP contribution in [-0.2, 0) is 59.7 Å². The van der Waals surface area contributed by atoms with Gasteiger partial charge in [-0.15, -0.1) is 5.06 Å². The van der Waals surface area contributed by atoms with E-state index in [2.05, 4.69) is 0 Å². The number of rotatable bonds is 21. The van der Waals surface area contributed by atoms with E-state index < -0.39 is 70.0 Å². The molecule has 0 bridgehead atoms. The van der Waals surface area contributed by atoms with Gasteiger partial charge in [-0.05, 0) is 80.1 Å². The first-order valence-electron chi connectivity index (χ1n) is 19.5. The Kier molecular flexibility index (Phi) is 20.4. The molecule has 18 nitrogen and oxygen atoms in total. The molecule has 23 heteroatoms. The molecule has 0 aromatic heterocycles. The summed E-state index contributed by atoms with van der Waals surface area (Å²) in [5, 5.41) is 1.20. The van der Waals surface area contributed by atoms with Crippen molar-refractivity contribution in [2.24, 2.45) is 0 Å². The van der Waals surface area contributed by atoms with Crippen molar-refractivity contribution in [2.75, 3.05) is 49.8 Å². The Bertz CT molecular complexity index is 2560. The minimum atomic E-state index is -4.89. The standard InChI is InChI=1S/C40H49N3O15S3.2Na/c1-40(19-7-25-59(47,48)49)33-28-31(61(53,54)55)13-15-34(33)42(21-5-3-4-11-39(46)58-43-37(44)16-17-38(43)45)36(40)10-6-9-29-18-23-57-35-27-30(12-14-32(29)35)41(22-24-56-2)20-8-26-60(50,51)52;;/h6,9-10,12-15,18,23,27-28H,3-5,7-8,11,16-17,19-22,24-26H2,1-2H3,(H2-,47,48,49,50,51,52,53,54,55);;/q;2*+1/p-2. The fraction of sp³-hybridized carbons (Fsp3) is 0.450. The number of ether oxygens (including phenoxy) is 1. The van der Waals surface area contributed by atoms with E-state index in [9.17, 15) is 53.3 Å². The predicted molar refractivity (Wildman–Crippen MR) is 217 cm³/mol. The minimum absolute atomic E-state index is 0. The van der Waals surface area contributed by atoms with E-state index in [4.69, 9.17) is 14.0 Å². The maximum absolute atomic E-state index is 12.4. The monoisotopic (exact) mass is 951 g/mol. The molecule has 332 valence electrons. The molecule has 4 aliphatic rings. The number of unbranched alkanes of at least 4 members (excludes halogenated alkanes) is 2. The average Bonchev–Trinajstić information content (AvgIpc) is 3.61. The van der Waals surface area contributed by atoms with Crippen LogP contribution in [-0.4, -0.2) is 107 Å². The summed E-state index contributed by atoms with van der Waals surface area (Å²) in [6.45, 7) is 3.16. The van der Waals surface area contributed by atoms with Crippen LogP contribution in [0.1, 0.15) is 75.8 Å². The van der Waals surface area contributed by atoms with E-state index >= 15 is 0 Å². The van der Waals surface area contributed by atoms with Crippen LogP contribution in [0.15, 0.2) is 75.9 Å². The summed E-state index contributed by atoms with van der Waals surface area (Å²) < 4.78 is 118. The van der Waals surface area contributed by atoms with Gasteiger partial charge in [-0.2, -0.15) is 0 Å². The number of hydrogen-bond acceptors (Lipinski definition) is 16. The van der Waals surface area contributed by atoms with Crippen molar-refractivity contribution in [2.45, 2.75) is 75.0 Å². The van der Waals surface area contributed by atoms with Gasteiger partial charge in [-0.3, -0.25) is 9.59 Å². The topological polar surface area (TPSA) is 264 Å². The fourth-order valence-corrected chi connectivity index (χ4v) is 9.00. The van der Waals surface area contributed by atoms with E-state index in [1.165, 1.54) is 31.6 Å². The summed E-state index contributed by atoms with van der Waals surface area (Å²) in [6, 6.07) is 11.2. The Hall–Kier alpha value is -2.77. The molecule has 1 unspecified atom stereocenters. The SMILES string of the molecule is COCC[N+](CCCS(=O)(=O)[O-])=c1ccc2c(/C=C/C=C3/N(CCCCCC(=O)ON4C(=O)CCC4=O)c4ccc(S(=O)(=O)[O-])cc4C3(C)CCCS(=O)(=O)[O-])ccoc-2c1.[Na+].[Na+]. The molecule has 63 heavy (non-hydrogen) atoms. The molecule has 1 saturated heterocycles. The third-order valence-corrected chi connectivity index (χ3v) is 12.9. The van der Waals surface area contributed by atoms with Crippen molar-refractivity contribution < 1.29 is 126 Å². The molecule has 1 fully saturated rings. The third kappa shape index (κ3) is 15.1. The number of imide groups is 1. The molecule has 0 N–H and O–H groups in total. The minimum Gasteiger partial charge on any atom is -0.748 e. The molecular formula is C40H47N3Na2O15S3. The van der Waals surface area contributed by atoms with Gasteiger partial charge in [0.25, 0.3) is 11.8 Å². The van der Waals surface area contributed by atoms with E-state index in [-0.39, 0.29) is 104 Å². The van der Waals surface area contributed by atoms with Crippen molar-refractivity contribution in [1.29, 1.82) is 0 Å². The fourth-order valence-electron chi connectivity index (χ4n) is 7.52. The van der Waals surface area contributed by atoms with Crippen LogP contribution in [0.25, 0.3) is 17.4 Å². The maximum atomic E-state index is 12.4. The van der Waals surface area contributed by atoms with Crippen molar-refractivity contribution >= 4 is 59.9 Å². The first-order valence-corrected chi connectivity index (χ1v) is 24.1. The summed E-state index contributed by atoms with van der Waals surface area (Å²) in [7, 11) is -12.3. The molecule has 0 radical (unpaired) electrons. The van der Waals surface area contributed by atoms with Gasteiger partial charge in [-0.1, -0.05) is 18.6 Å². The summed E-state index contributed by atoms with van der Waals surface area (Å²) in [4.78, 5) is 42.5. The molecule has 1 aromatic carbocycles. The summed E-state index contributed by atoms with van der Waals surface area (Å²) >= 11 is 0. The van der Waals surface area contributed by atoms with Crippen LogP contribution < -0.4 is 73.9 Å². The van der Waals surface area contributed by atoms with Crippen LogP contribution >= 0.6 is 0 Å². The zero-order valence-corrected chi connectivity index (χ0v) is 42.1. The van der Waals surface area contributed by atoms with Crippen LogP contribution in [0.3, 0.4) is 0 Å². The molecule has 1 atom stereocenters. The number of hydroxylamine groups is 2. The molecule has 1 aliphatic carbocycles. The van der Waals surface area contributed by atoms with Crippen LogP contribution in [0, 0.1) is 0 Å². The Morgan fingerprint density at radius 2 is 1.56 bits per heavy atom. The van der Waals surface area contributed by atoms with Crippen molar-refractivity contribution in [3.8, 4) is 11.3 Å². The van der Waals surface area contributed by atoms with Gasteiger partial charge in [-0.25, -0.2) is 34.6 Å². The number of amides is 2. The van der Waals surface area contributed by atoms with Gasteiger partial charge in [0.05, 0.1) is 37.5 Å². The molecular weight excluding hydrogens is 905 g/mol. The summed E-state index contributed by atoms with van der Waals surface area (Å²) in [5.74, 6) is -2.59.